The molecule has 3 rings (SSSR count). The van der Waals surface area contributed by atoms with Crippen molar-refractivity contribution >= 4 is 11.7 Å². The number of benzene rings is 1. The Balaban J connectivity index is 1.42. The summed E-state index contributed by atoms with van der Waals surface area (Å²) < 4.78 is 10.4. The van der Waals surface area contributed by atoms with Gasteiger partial charge in [0.25, 0.3) is 5.91 Å². The van der Waals surface area contributed by atoms with Gasteiger partial charge in [-0.2, -0.15) is 0 Å². The van der Waals surface area contributed by atoms with E-state index in [2.05, 4.69) is 25.7 Å². The van der Waals surface area contributed by atoms with Gasteiger partial charge in [-0.05, 0) is 29.8 Å². The van der Waals surface area contributed by atoms with E-state index in [1.54, 1.807) is 19.2 Å². The van der Waals surface area contributed by atoms with Crippen molar-refractivity contribution in [2.24, 2.45) is 0 Å². The highest BCUT2D eigenvalue weighted by molar-refractivity contribution is 5.92. The predicted molar refractivity (Wildman–Crippen MR) is 102 cm³/mol. The van der Waals surface area contributed by atoms with Crippen LogP contribution < -0.4 is 15.4 Å². The number of hydrogen-bond acceptors (Lipinski definition) is 7. The molecule has 27 heavy (non-hydrogen) atoms. The number of morpholine rings is 1. The summed E-state index contributed by atoms with van der Waals surface area (Å²) >= 11 is 0. The molecular weight excluding hydrogens is 346 g/mol. The Morgan fingerprint density at radius 3 is 2.59 bits per heavy atom. The van der Waals surface area contributed by atoms with E-state index in [9.17, 15) is 4.79 Å². The van der Waals surface area contributed by atoms with E-state index in [4.69, 9.17) is 9.47 Å². The summed E-state index contributed by atoms with van der Waals surface area (Å²) in [7, 11) is 1.64. The van der Waals surface area contributed by atoms with Crippen LogP contribution in [-0.2, 0) is 11.3 Å². The molecule has 0 bridgehead atoms. The molecule has 2 aromatic rings. The Labute approximate surface area is 158 Å². The number of carbonyl (C=O) groups excluding carboxylic acids is 1. The molecule has 1 aromatic carbocycles. The minimum absolute atomic E-state index is 0.211. The van der Waals surface area contributed by atoms with E-state index in [0.717, 1.165) is 44.2 Å². The molecule has 2 heterocycles. The maximum Gasteiger partial charge on any atom is 0.271 e. The Morgan fingerprint density at radius 1 is 1.15 bits per heavy atom. The van der Waals surface area contributed by atoms with Crippen LogP contribution in [0.1, 0.15) is 16.1 Å². The summed E-state index contributed by atoms with van der Waals surface area (Å²) in [5.74, 6) is 1.23. The molecule has 0 radical (unpaired) electrons. The standard InChI is InChI=1S/C19H25N5O3/c1-26-16-4-2-15(3-5-16)14-21-18-7-6-17(22-23-18)19(25)20-8-9-24-10-12-27-13-11-24/h2-7H,8-14H2,1H3,(H,20,25)(H,21,23). The van der Waals surface area contributed by atoms with Gasteiger partial charge in [-0.15, -0.1) is 10.2 Å². The highest BCUT2D eigenvalue weighted by atomic mass is 16.5. The van der Waals surface area contributed by atoms with E-state index in [1.807, 2.05) is 24.3 Å². The Morgan fingerprint density at radius 2 is 1.93 bits per heavy atom. The first-order chi connectivity index (χ1) is 13.2. The number of hydrogen-bond donors (Lipinski definition) is 2. The van der Waals surface area contributed by atoms with Gasteiger partial charge in [0.05, 0.1) is 20.3 Å². The Hall–Kier alpha value is -2.71. The number of nitrogens with one attached hydrogen (secondary N) is 2. The maximum atomic E-state index is 12.1. The molecule has 0 atom stereocenters. The second-order valence-corrected chi connectivity index (χ2v) is 6.22. The van der Waals surface area contributed by atoms with Crippen LogP contribution in [0.5, 0.6) is 5.75 Å². The molecule has 8 nitrogen and oxygen atoms in total. The Kier molecular flexibility index (Phi) is 6.95. The minimum atomic E-state index is -0.211. The maximum absolute atomic E-state index is 12.1. The van der Waals surface area contributed by atoms with E-state index in [-0.39, 0.29) is 5.91 Å². The van der Waals surface area contributed by atoms with Gasteiger partial charge in [0.15, 0.2) is 5.69 Å². The van der Waals surface area contributed by atoms with Gasteiger partial charge in [0.2, 0.25) is 0 Å². The van der Waals surface area contributed by atoms with Gasteiger partial charge in [-0.25, -0.2) is 0 Å². The van der Waals surface area contributed by atoms with Crippen LogP contribution in [0, 0.1) is 0 Å². The molecule has 1 amide bonds. The molecule has 1 saturated heterocycles. The number of aromatic nitrogens is 2. The molecule has 0 saturated carbocycles. The average Bonchev–Trinajstić information content (AvgIpc) is 2.73. The molecule has 1 aliphatic heterocycles. The number of anilines is 1. The number of ether oxygens (including phenoxy) is 2. The van der Waals surface area contributed by atoms with Gasteiger partial charge < -0.3 is 20.1 Å². The zero-order valence-electron chi connectivity index (χ0n) is 15.5. The first-order valence-electron chi connectivity index (χ1n) is 9.03. The zero-order valence-corrected chi connectivity index (χ0v) is 15.5. The largest absolute Gasteiger partial charge is 0.497 e. The lowest BCUT2D eigenvalue weighted by molar-refractivity contribution is 0.0383. The molecular formula is C19H25N5O3. The van der Waals surface area contributed by atoms with Gasteiger partial charge in [0, 0.05) is 32.7 Å². The number of amides is 1. The fraction of sp³-hybridized carbons (Fsp3) is 0.421. The summed E-state index contributed by atoms with van der Waals surface area (Å²) in [5, 5.41) is 14.1. The number of methoxy groups -OCH3 is 1. The molecule has 0 aliphatic carbocycles. The van der Waals surface area contributed by atoms with Crippen LogP contribution >= 0.6 is 0 Å². The van der Waals surface area contributed by atoms with Crippen LogP contribution in [0.25, 0.3) is 0 Å². The third-order valence-corrected chi connectivity index (χ3v) is 4.35. The zero-order chi connectivity index (χ0) is 18.9. The van der Waals surface area contributed by atoms with Gasteiger partial charge in [-0.1, -0.05) is 12.1 Å². The first kappa shape index (κ1) is 19.1. The first-order valence-corrected chi connectivity index (χ1v) is 9.03. The number of nitrogens with zero attached hydrogens (tertiary/aromatic N) is 3. The van der Waals surface area contributed by atoms with Crippen molar-refractivity contribution in [3.8, 4) is 5.75 Å². The van der Waals surface area contributed by atoms with Crippen molar-refractivity contribution in [2.75, 3.05) is 51.8 Å². The highest BCUT2D eigenvalue weighted by Gasteiger charge is 2.12. The molecule has 1 fully saturated rings. The SMILES string of the molecule is COc1ccc(CNc2ccc(C(=O)NCCN3CCOCC3)nn2)cc1. The lowest BCUT2D eigenvalue weighted by Crippen LogP contribution is -2.41. The molecule has 8 heteroatoms. The molecule has 0 spiro atoms. The average molecular weight is 371 g/mol. The quantitative estimate of drug-likeness (QED) is 0.720. The number of carbonyl (C=O) groups is 1. The van der Waals surface area contributed by atoms with Crippen molar-refractivity contribution in [3.05, 3.63) is 47.7 Å². The van der Waals surface area contributed by atoms with Crippen LogP contribution in [0.15, 0.2) is 36.4 Å². The highest BCUT2D eigenvalue weighted by Crippen LogP contribution is 2.12. The second kappa shape index (κ2) is 9.84. The fourth-order valence-electron chi connectivity index (χ4n) is 2.73. The van der Waals surface area contributed by atoms with Gasteiger partial charge in [-0.3, -0.25) is 9.69 Å². The summed E-state index contributed by atoms with van der Waals surface area (Å²) in [5.41, 5.74) is 1.41. The monoisotopic (exact) mass is 371 g/mol. The molecule has 1 aliphatic rings. The predicted octanol–water partition coefficient (Wildman–Crippen LogP) is 1.16. The van der Waals surface area contributed by atoms with E-state index < -0.39 is 0 Å². The number of rotatable bonds is 8. The summed E-state index contributed by atoms with van der Waals surface area (Å²) in [4.78, 5) is 14.4. The molecule has 1 aromatic heterocycles. The van der Waals surface area contributed by atoms with E-state index >= 15 is 0 Å². The smallest absolute Gasteiger partial charge is 0.271 e. The lowest BCUT2D eigenvalue weighted by atomic mass is 10.2. The molecule has 0 unspecified atom stereocenters. The van der Waals surface area contributed by atoms with Crippen molar-refractivity contribution < 1.29 is 14.3 Å². The molecule has 144 valence electrons. The summed E-state index contributed by atoms with van der Waals surface area (Å²) in [6.45, 7) is 5.33. The summed E-state index contributed by atoms with van der Waals surface area (Å²) in [6.07, 6.45) is 0. The normalized spacial score (nSPS) is 14.6. The van der Waals surface area contributed by atoms with Crippen LogP contribution in [-0.4, -0.2) is 67.5 Å². The van der Waals surface area contributed by atoms with Gasteiger partial charge in [0.1, 0.15) is 11.6 Å². The van der Waals surface area contributed by atoms with E-state index in [0.29, 0.717) is 24.6 Å². The van der Waals surface area contributed by atoms with Crippen LogP contribution in [0.4, 0.5) is 5.82 Å². The van der Waals surface area contributed by atoms with E-state index in [1.165, 1.54) is 0 Å². The minimum Gasteiger partial charge on any atom is -0.497 e. The van der Waals surface area contributed by atoms with Crippen LogP contribution in [0.3, 0.4) is 0 Å². The topological polar surface area (TPSA) is 88.6 Å². The lowest BCUT2D eigenvalue weighted by Gasteiger charge is -2.26. The third-order valence-electron chi connectivity index (χ3n) is 4.35. The van der Waals surface area contributed by atoms with Crippen molar-refractivity contribution in [3.63, 3.8) is 0 Å². The van der Waals surface area contributed by atoms with Gasteiger partial charge >= 0.3 is 0 Å². The third kappa shape index (κ3) is 5.90. The van der Waals surface area contributed by atoms with Crippen molar-refractivity contribution in [2.45, 2.75) is 6.54 Å². The summed E-state index contributed by atoms with van der Waals surface area (Å²) in [6, 6.07) is 11.2. The van der Waals surface area contributed by atoms with Crippen LogP contribution in [0.2, 0.25) is 0 Å². The Bertz CT molecular complexity index is 715. The second-order valence-electron chi connectivity index (χ2n) is 6.22. The van der Waals surface area contributed by atoms with Crippen molar-refractivity contribution in [1.29, 1.82) is 0 Å². The molecule has 2 N–H and O–H groups in total. The fourth-order valence-corrected chi connectivity index (χ4v) is 2.73. The van der Waals surface area contributed by atoms with Crippen molar-refractivity contribution in [1.82, 2.24) is 20.4 Å².